The topological polar surface area (TPSA) is 85.3 Å². The highest BCUT2D eigenvalue weighted by atomic mass is 35.5. The summed E-state index contributed by atoms with van der Waals surface area (Å²) in [5.41, 5.74) is 7.21. The van der Waals surface area contributed by atoms with E-state index in [4.69, 9.17) is 26.8 Å². The molecule has 164 valence electrons. The Morgan fingerprint density at radius 3 is 2.72 bits per heavy atom. The van der Waals surface area contributed by atoms with Gasteiger partial charge >= 0.3 is 0 Å². The second kappa shape index (κ2) is 8.33. The van der Waals surface area contributed by atoms with Crippen molar-refractivity contribution in [3.8, 4) is 11.8 Å². The Bertz CT molecular complexity index is 1190. The number of nitrogens with zero attached hydrogens (tertiary/aromatic N) is 1. The number of rotatable bonds is 4. The van der Waals surface area contributed by atoms with Gasteiger partial charge in [0.1, 0.15) is 35.6 Å². The second-order valence-electron chi connectivity index (χ2n) is 8.73. The van der Waals surface area contributed by atoms with Crippen LogP contribution in [0.5, 0.6) is 5.75 Å². The third kappa shape index (κ3) is 3.96. The van der Waals surface area contributed by atoms with Gasteiger partial charge in [-0.15, -0.1) is 0 Å². The first-order chi connectivity index (χ1) is 15.2. The summed E-state index contributed by atoms with van der Waals surface area (Å²) >= 11 is 6.13. The van der Waals surface area contributed by atoms with Crippen LogP contribution in [0.25, 0.3) is 0 Å². The molecule has 32 heavy (non-hydrogen) atoms. The molecule has 2 aromatic carbocycles. The minimum atomic E-state index is -0.723. The number of ketones is 1. The predicted octanol–water partition coefficient (Wildman–Crippen LogP) is 5.51. The molecule has 7 heteroatoms. The number of benzene rings is 2. The molecule has 5 nitrogen and oxygen atoms in total. The average Bonchev–Trinajstić information content (AvgIpc) is 2.72. The summed E-state index contributed by atoms with van der Waals surface area (Å²) in [7, 11) is 0. The summed E-state index contributed by atoms with van der Waals surface area (Å²) in [5.74, 6) is -0.414. The van der Waals surface area contributed by atoms with E-state index in [0.29, 0.717) is 35.5 Å². The number of ether oxygens (including phenoxy) is 2. The predicted molar refractivity (Wildman–Crippen MR) is 118 cm³/mol. The minimum absolute atomic E-state index is 0.0197. The standard InChI is InChI=1S/C25H22ClFN2O3/c1-25(2)10-19(30)23-21(11-25)32-24(29)15(12-28)22(23)14-6-3-4-9-20(14)31-13-16-17(26)7-5-8-18(16)27/h3-9,22H,10-11,13,29H2,1-2H3/t22-/m0/s1. The van der Waals surface area contributed by atoms with Crippen molar-refractivity contribution >= 4 is 17.4 Å². The zero-order chi connectivity index (χ0) is 23.0. The van der Waals surface area contributed by atoms with Gasteiger partial charge in [-0.2, -0.15) is 5.26 Å². The summed E-state index contributed by atoms with van der Waals surface area (Å²) in [4.78, 5) is 13.2. The maximum absolute atomic E-state index is 14.2. The van der Waals surface area contributed by atoms with Crippen molar-refractivity contribution < 1.29 is 18.7 Å². The van der Waals surface area contributed by atoms with Crippen LogP contribution >= 0.6 is 11.6 Å². The van der Waals surface area contributed by atoms with Gasteiger partial charge < -0.3 is 15.2 Å². The molecule has 0 bridgehead atoms. The van der Waals surface area contributed by atoms with Crippen molar-refractivity contribution in [1.82, 2.24) is 0 Å². The second-order valence-corrected chi connectivity index (χ2v) is 9.14. The van der Waals surface area contributed by atoms with Crippen LogP contribution in [-0.4, -0.2) is 5.78 Å². The fraction of sp³-hybridized carbons (Fsp3) is 0.280. The van der Waals surface area contributed by atoms with Crippen molar-refractivity contribution in [2.75, 3.05) is 0 Å². The molecule has 1 atom stereocenters. The number of allylic oxidation sites excluding steroid dienone is 3. The smallest absolute Gasteiger partial charge is 0.205 e. The highest BCUT2D eigenvalue weighted by molar-refractivity contribution is 6.31. The Kier molecular flexibility index (Phi) is 5.70. The molecule has 0 saturated carbocycles. The lowest BCUT2D eigenvalue weighted by atomic mass is 9.70. The molecule has 0 aromatic heterocycles. The molecule has 2 aromatic rings. The molecular weight excluding hydrogens is 431 g/mol. The molecule has 0 saturated heterocycles. The number of nitriles is 1. The number of carbonyl (C=O) groups excluding carboxylic acids is 1. The van der Waals surface area contributed by atoms with Gasteiger partial charge in [0.2, 0.25) is 5.88 Å². The van der Waals surface area contributed by atoms with Gasteiger partial charge in [-0.05, 0) is 23.6 Å². The first-order valence-corrected chi connectivity index (χ1v) is 10.6. The Labute approximate surface area is 190 Å². The van der Waals surface area contributed by atoms with Crippen molar-refractivity contribution in [2.45, 2.75) is 39.2 Å². The van der Waals surface area contributed by atoms with Crippen LogP contribution in [0.3, 0.4) is 0 Å². The van der Waals surface area contributed by atoms with E-state index in [2.05, 4.69) is 6.07 Å². The van der Waals surface area contributed by atoms with Crippen LogP contribution < -0.4 is 10.5 Å². The summed E-state index contributed by atoms with van der Waals surface area (Å²) in [6.45, 7) is 3.86. The number of hydrogen-bond acceptors (Lipinski definition) is 5. The van der Waals surface area contributed by atoms with Crippen LogP contribution in [0.4, 0.5) is 4.39 Å². The maximum Gasteiger partial charge on any atom is 0.205 e. The molecule has 4 rings (SSSR count). The fourth-order valence-electron chi connectivity index (χ4n) is 4.27. The van der Waals surface area contributed by atoms with Gasteiger partial charge in [0.05, 0.1) is 10.9 Å². The van der Waals surface area contributed by atoms with Gasteiger partial charge in [0, 0.05) is 29.5 Å². The van der Waals surface area contributed by atoms with Crippen LogP contribution in [0.1, 0.15) is 43.7 Å². The molecule has 0 amide bonds. The van der Waals surface area contributed by atoms with Gasteiger partial charge in [-0.3, -0.25) is 4.79 Å². The lowest BCUT2D eigenvalue weighted by molar-refractivity contribution is -0.119. The molecule has 2 N–H and O–H groups in total. The third-order valence-corrected chi connectivity index (χ3v) is 6.09. The lowest BCUT2D eigenvalue weighted by Crippen LogP contribution is -2.33. The highest BCUT2D eigenvalue weighted by Gasteiger charge is 2.43. The molecule has 1 heterocycles. The molecule has 1 aliphatic heterocycles. The zero-order valence-electron chi connectivity index (χ0n) is 17.7. The molecule has 2 aliphatic rings. The largest absolute Gasteiger partial charge is 0.488 e. The van der Waals surface area contributed by atoms with E-state index >= 15 is 0 Å². The summed E-state index contributed by atoms with van der Waals surface area (Å²) in [6.07, 6.45) is 0.857. The lowest BCUT2D eigenvalue weighted by Gasteiger charge is -2.37. The number of nitrogens with two attached hydrogens (primary N) is 1. The van der Waals surface area contributed by atoms with Crippen molar-refractivity contribution in [3.63, 3.8) is 0 Å². The van der Waals surface area contributed by atoms with Crippen LogP contribution in [0.2, 0.25) is 5.02 Å². The number of carbonyl (C=O) groups is 1. The third-order valence-electron chi connectivity index (χ3n) is 5.74. The molecule has 1 aliphatic carbocycles. The van der Waals surface area contributed by atoms with E-state index < -0.39 is 11.7 Å². The van der Waals surface area contributed by atoms with Crippen molar-refractivity contribution in [1.29, 1.82) is 5.26 Å². The fourth-order valence-corrected chi connectivity index (χ4v) is 4.48. The molecule has 0 fully saturated rings. The zero-order valence-corrected chi connectivity index (χ0v) is 18.5. The first kappa shape index (κ1) is 21.9. The van der Waals surface area contributed by atoms with E-state index in [9.17, 15) is 14.4 Å². The quantitative estimate of drug-likeness (QED) is 0.661. The van der Waals surface area contributed by atoms with E-state index in [1.54, 1.807) is 30.3 Å². The van der Waals surface area contributed by atoms with Crippen LogP contribution in [0.15, 0.2) is 65.3 Å². The number of halogens is 2. The SMILES string of the molecule is CC1(C)CC(=O)C2=C(C1)OC(N)=C(C#N)[C@@H]2c1ccccc1OCc1c(F)cccc1Cl. The molecular formula is C25H22ClFN2O3. The monoisotopic (exact) mass is 452 g/mol. The molecule has 0 radical (unpaired) electrons. The van der Waals surface area contributed by atoms with E-state index in [0.717, 1.165) is 0 Å². The van der Waals surface area contributed by atoms with Crippen molar-refractivity contribution in [2.24, 2.45) is 11.1 Å². The molecule has 0 spiro atoms. The maximum atomic E-state index is 14.2. The Morgan fingerprint density at radius 2 is 2.00 bits per heavy atom. The normalized spacial score (nSPS) is 19.8. The van der Waals surface area contributed by atoms with Crippen molar-refractivity contribution in [3.05, 3.63) is 87.2 Å². The van der Waals surface area contributed by atoms with Gasteiger partial charge in [0.25, 0.3) is 0 Å². The van der Waals surface area contributed by atoms with E-state index in [-0.39, 0.29) is 39.8 Å². The van der Waals surface area contributed by atoms with Crippen LogP contribution in [-0.2, 0) is 16.1 Å². The number of Topliss-reactive ketones (excluding diaryl/α,β-unsaturated/α-hetero) is 1. The minimum Gasteiger partial charge on any atom is -0.488 e. The number of hydrogen-bond donors (Lipinski definition) is 1. The van der Waals surface area contributed by atoms with Gasteiger partial charge in [-0.1, -0.05) is 49.7 Å². The van der Waals surface area contributed by atoms with Gasteiger partial charge in [-0.25, -0.2) is 4.39 Å². The molecule has 0 unspecified atom stereocenters. The summed E-state index contributed by atoms with van der Waals surface area (Å²) in [5, 5.41) is 10.1. The summed E-state index contributed by atoms with van der Waals surface area (Å²) in [6, 6.07) is 13.6. The first-order valence-electron chi connectivity index (χ1n) is 10.2. The van der Waals surface area contributed by atoms with E-state index in [1.807, 2.05) is 13.8 Å². The van der Waals surface area contributed by atoms with Gasteiger partial charge in [0.15, 0.2) is 5.78 Å². The average molecular weight is 453 g/mol. The summed E-state index contributed by atoms with van der Waals surface area (Å²) < 4.78 is 25.9. The number of para-hydroxylation sites is 1. The highest BCUT2D eigenvalue weighted by Crippen LogP contribution is 2.49. The Balaban J connectivity index is 1.78. The Morgan fingerprint density at radius 1 is 1.25 bits per heavy atom. The van der Waals surface area contributed by atoms with Crippen LogP contribution in [0, 0.1) is 22.6 Å². The van der Waals surface area contributed by atoms with E-state index in [1.165, 1.54) is 12.1 Å². The Hall–Kier alpha value is -3.30.